The second kappa shape index (κ2) is 15.1. The molecule has 3 amide bonds. The zero-order chi connectivity index (χ0) is 34.6. The van der Waals surface area contributed by atoms with Gasteiger partial charge in [0.2, 0.25) is 27.7 Å². The van der Waals surface area contributed by atoms with Crippen LogP contribution in [0.15, 0.2) is 73.1 Å². The first-order valence-corrected chi connectivity index (χ1v) is 18.3. The number of hydrazine groups is 1. The normalized spacial score (nSPS) is 21.3. The Morgan fingerprint density at radius 2 is 1.69 bits per heavy atom. The number of carbonyl (C=O) groups excluding carboxylic acids is 3. The number of nitrogens with two attached hydrogens (primary N) is 1. The fraction of sp³-hybridized carbons (Fsp3) is 0.429. The topological polar surface area (TPSA) is 137 Å². The Morgan fingerprint density at radius 3 is 2.33 bits per heavy atom. The van der Waals surface area contributed by atoms with Crippen LogP contribution in [0.1, 0.15) is 67.1 Å². The molecule has 2 aliphatic rings. The van der Waals surface area contributed by atoms with Crippen LogP contribution in [0, 0.1) is 5.92 Å². The van der Waals surface area contributed by atoms with E-state index in [1.54, 1.807) is 75.7 Å². The van der Waals surface area contributed by atoms with Crippen molar-refractivity contribution >= 4 is 39.3 Å². The van der Waals surface area contributed by atoms with Crippen molar-refractivity contribution in [1.29, 1.82) is 0 Å². The average molecular weight is 695 g/mol. The SMILES string of the molecule is CCCN1C(Cc2ccc(Cl)cc2)C(=O)N2[C@@H](CC(C)CC)C(=O)N(Cc3cccc(C(N)=O)c3)C[C@@H]2N1S(=O)(=O)Cc1ccncc1. The average Bonchev–Trinajstić information content (AvgIpc) is 3.06. The number of fused-ring (bicyclic) bond motifs is 1. The van der Waals surface area contributed by atoms with Crippen molar-refractivity contribution in [2.24, 2.45) is 11.7 Å². The molecule has 2 unspecified atom stereocenters. The van der Waals surface area contributed by atoms with Gasteiger partial charge in [-0.15, -0.1) is 4.41 Å². The van der Waals surface area contributed by atoms with Crippen LogP contribution >= 0.6 is 11.6 Å². The van der Waals surface area contributed by atoms with Crippen molar-refractivity contribution < 1.29 is 22.8 Å². The second-order valence-corrected chi connectivity index (χ2v) is 14.9. The zero-order valence-corrected chi connectivity index (χ0v) is 29.1. The van der Waals surface area contributed by atoms with Gasteiger partial charge in [0.15, 0.2) is 0 Å². The number of hydrogen-bond acceptors (Lipinski definition) is 7. The van der Waals surface area contributed by atoms with Gasteiger partial charge in [-0.05, 0) is 78.3 Å². The Labute approximate surface area is 287 Å². The van der Waals surface area contributed by atoms with Gasteiger partial charge in [0.25, 0.3) is 0 Å². The van der Waals surface area contributed by atoms with Crippen LogP contribution in [-0.2, 0) is 38.3 Å². The van der Waals surface area contributed by atoms with Gasteiger partial charge in [0, 0.05) is 36.1 Å². The Bertz CT molecular complexity index is 1720. The fourth-order valence-electron chi connectivity index (χ4n) is 6.57. The Hall–Kier alpha value is -3.84. The van der Waals surface area contributed by atoms with Crippen molar-refractivity contribution in [3.8, 4) is 0 Å². The van der Waals surface area contributed by atoms with Gasteiger partial charge in [0.1, 0.15) is 18.2 Å². The van der Waals surface area contributed by atoms with Crippen molar-refractivity contribution in [1.82, 2.24) is 24.2 Å². The van der Waals surface area contributed by atoms with Crippen LogP contribution in [0.25, 0.3) is 0 Å². The maximum atomic E-state index is 14.8. The van der Waals surface area contributed by atoms with E-state index >= 15 is 0 Å². The summed E-state index contributed by atoms with van der Waals surface area (Å²) >= 11 is 6.16. The highest BCUT2D eigenvalue weighted by atomic mass is 35.5. The molecule has 0 aliphatic carbocycles. The lowest BCUT2D eigenvalue weighted by Gasteiger charge is -2.57. The van der Waals surface area contributed by atoms with E-state index in [1.165, 1.54) is 4.41 Å². The lowest BCUT2D eigenvalue weighted by Crippen LogP contribution is -2.78. The number of nitrogens with zero attached hydrogens (tertiary/aromatic N) is 5. The molecule has 0 bridgehead atoms. The summed E-state index contributed by atoms with van der Waals surface area (Å²) in [5.74, 6) is -1.36. The van der Waals surface area contributed by atoms with E-state index in [0.29, 0.717) is 41.1 Å². The lowest BCUT2D eigenvalue weighted by atomic mass is 9.92. The minimum Gasteiger partial charge on any atom is -0.366 e. The van der Waals surface area contributed by atoms with Crippen LogP contribution in [0.2, 0.25) is 5.02 Å². The molecule has 1 aromatic heterocycles. The van der Waals surface area contributed by atoms with Crippen LogP contribution < -0.4 is 5.73 Å². The van der Waals surface area contributed by atoms with Gasteiger partial charge in [-0.1, -0.05) is 63.1 Å². The summed E-state index contributed by atoms with van der Waals surface area (Å²) in [5, 5.41) is 2.24. The standard InChI is InChI=1S/C35H43ClN6O5S/c1-4-17-40-30(20-25-9-11-29(36)12-10-25)35(45)41-31(18-24(3)5-2)34(44)39(21-27-7-6-8-28(19-27)33(37)43)22-32(41)42(40)48(46,47)23-26-13-15-38-16-14-26/h6-16,19,24,30-32H,4-5,17-18,20-23H2,1-3H3,(H2,37,43)/t24?,30?,31-,32-/m0/s1. The molecule has 2 aromatic carbocycles. The van der Waals surface area contributed by atoms with Gasteiger partial charge >= 0.3 is 0 Å². The molecule has 2 saturated heterocycles. The molecular formula is C35H43ClN6O5S. The predicted octanol–water partition coefficient (Wildman–Crippen LogP) is 4.22. The molecule has 11 nitrogen and oxygen atoms in total. The maximum Gasteiger partial charge on any atom is 0.248 e. The Balaban J connectivity index is 1.63. The molecule has 0 saturated carbocycles. The van der Waals surface area contributed by atoms with Crippen LogP contribution in [-0.4, -0.2) is 81.7 Å². The molecule has 3 heterocycles. The quantitative estimate of drug-likeness (QED) is 0.283. The zero-order valence-electron chi connectivity index (χ0n) is 27.5. The summed E-state index contributed by atoms with van der Waals surface area (Å²) in [5.41, 5.74) is 7.90. The van der Waals surface area contributed by atoms with Gasteiger partial charge in [-0.2, -0.15) is 0 Å². The van der Waals surface area contributed by atoms with E-state index in [2.05, 4.69) is 4.98 Å². The number of halogens is 1. The van der Waals surface area contributed by atoms with Gasteiger partial charge in [0.05, 0.1) is 12.3 Å². The van der Waals surface area contributed by atoms with E-state index in [-0.39, 0.29) is 43.0 Å². The van der Waals surface area contributed by atoms with Crippen LogP contribution in [0.4, 0.5) is 0 Å². The van der Waals surface area contributed by atoms with Crippen LogP contribution in [0.5, 0.6) is 0 Å². The van der Waals surface area contributed by atoms with Crippen molar-refractivity contribution in [2.45, 2.75) is 77.0 Å². The monoisotopic (exact) mass is 694 g/mol. The number of carbonyl (C=O) groups is 3. The first kappa shape index (κ1) is 35.5. The van der Waals surface area contributed by atoms with E-state index in [9.17, 15) is 22.8 Å². The molecule has 2 N–H and O–H groups in total. The fourth-order valence-corrected chi connectivity index (χ4v) is 8.49. The number of benzene rings is 2. The Morgan fingerprint density at radius 1 is 0.979 bits per heavy atom. The molecule has 0 radical (unpaired) electrons. The number of aromatic nitrogens is 1. The predicted molar refractivity (Wildman–Crippen MR) is 184 cm³/mol. The molecule has 13 heteroatoms. The molecule has 256 valence electrons. The van der Waals surface area contributed by atoms with Crippen molar-refractivity contribution in [3.05, 3.63) is 100 Å². The number of primary amides is 1. The third-order valence-corrected chi connectivity index (χ3v) is 11.1. The summed E-state index contributed by atoms with van der Waals surface area (Å²) in [6.07, 6.45) is 4.07. The third-order valence-electron chi connectivity index (χ3n) is 9.13. The first-order chi connectivity index (χ1) is 22.9. The van der Waals surface area contributed by atoms with Crippen molar-refractivity contribution in [2.75, 3.05) is 13.1 Å². The highest BCUT2D eigenvalue weighted by Crippen LogP contribution is 2.36. The summed E-state index contributed by atoms with van der Waals surface area (Å²) in [6, 6.07) is 15.5. The van der Waals surface area contributed by atoms with E-state index in [4.69, 9.17) is 17.3 Å². The summed E-state index contributed by atoms with van der Waals surface area (Å²) in [4.78, 5) is 48.3. The summed E-state index contributed by atoms with van der Waals surface area (Å²) < 4.78 is 30.7. The highest BCUT2D eigenvalue weighted by molar-refractivity contribution is 7.88. The van der Waals surface area contributed by atoms with E-state index < -0.39 is 34.2 Å². The minimum absolute atomic E-state index is 0.0498. The smallest absolute Gasteiger partial charge is 0.248 e. The number of rotatable bonds is 13. The third kappa shape index (κ3) is 7.72. The first-order valence-electron chi connectivity index (χ1n) is 16.3. The molecule has 2 aliphatic heterocycles. The van der Waals surface area contributed by atoms with Crippen LogP contribution in [0.3, 0.4) is 0 Å². The molecule has 4 atom stereocenters. The van der Waals surface area contributed by atoms with Crippen molar-refractivity contribution in [3.63, 3.8) is 0 Å². The molecule has 5 rings (SSSR count). The summed E-state index contributed by atoms with van der Waals surface area (Å²) in [6.45, 7) is 6.37. The van der Waals surface area contributed by atoms with Gasteiger partial charge in [-0.25, -0.2) is 13.4 Å². The Kier molecular flexibility index (Phi) is 11.2. The van der Waals surface area contributed by atoms with Gasteiger partial charge < -0.3 is 15.5 Å². The molecule has 3 aromatic rings. The molecular weight excluding hydrogens is 652 g/mol. The molecule has 48 heavy (non-hydrogen) atoms. The highest BCUT2D eigenvalue weighted by Gasteiger charge is 2.56. The number of pyridine rings is 1. The largest absolute Gasteiger partial charge is 0.366 e. The number of piperazine rings is 1. The molecule has 0 spiro atoms. The minimum atomic E-state index is -4.11. The van der Waals surface area contributed by atoms with E-state index in [0.717, 1.165) is 12.0 Å². The number of sulfonamides is 1. The van der Waals surface area contributed by atoms with E-state index in [1.807, 2.05) is 32.9 Å². The number of hydrogen-bond donors (Lipinski definition) is 1. The molecule has 2 fully saturated rings. The maximum absolute atomic E-state index is 14.8. The number of amides is 3. The van der Waals surface area contributed by atoms with Gasteiger partial charge in [-0.3, -0.25) is 19.4 Å². The second-order valence-electron chi connectivity index (χ2n) is 12.7. The summed E-state index contributed by atoms with van der Waals surface area (Å²) in [7, 11) is -4.11. The lowest BCUT2D eigenvalue weighted by molar-refractivity contribution is -0.195.